The van der Waals surface area contributed by atoms with Gasteiger partial charge in [-0.1, -0.05) is 0 Å². The molecular weight excluding hydrogens is 209 g/mol. The largest absolute Gasteiger partial charge is 0.323 e. The van der Waals surface area contributed by atoms with Crippen LogP contribution in [0.4, 0.5) is 10.1 Å². The molecule has 1 fully saturated rings. The van der Waals surface area contributed by atoms with Gasteiger partial charge in [-0.3, -0.25) is 14.7 Å². The van der Waals surface area contributed by atoms with Gasteiger partial charge in [0.1, 0.15) is 5.82 Å². The lowest BCUT2D eigenvalue weighted by atomic mass is 10.2. The predicted octanol–water partition coefficient (Wildman–Crippen LogP) is 1.25. The zero-order valence-electron chi connectivity index (χ0n) is 9.11. The lowest BCUT2D eigenvalue weighted by Crippen LogP contribution is -2.37. The highest BCUT2D eigenvalue weighted by molar-refractivity contribution is 5.94. The van der Waals surface area contributed by atoms with Gasteiger partial charge in [0.2, 0.25) is 5.91 Å². The maximum Gasteiger partial charge on any atom is 0.241 e. The second-order valence-electron chi connectivity index (χ2n) is 4.02. The van der Waals surface area contributed by atoms with Crippen LogP contribution in [0.5, 0.6) is 0 Å². The van der Waals surface area contributed by atoms with Crippen molar-refractivity contribution in [1.82, 2.24) is 9.88 Å². The number of hydrogen-bond acceptors (Lipinski definition) is 3. The van der Waals surface area contributed by atoms with E-state index in [1.165, 1.54) is 12.3 Å². The average Bonchev–Trinajstić information content (AvgIpc) is 2.64. The Morgan fingerprint density at radius 2 is 2.44 bits per heavy atom. The van der Waals surface area contributed by atoms with Crippen molar-refractivity contribution in [2.45, 2.75) is 18.9 Å². The first kappa shape index (κ1) is 11.0. The van der Waals surface area contributed by atoms with Crippen LogP contribution in [-0.2, 0) is 4.79 Å². The summed E-state index contributed by atoms with van der Waals surface area (Å²) in [6.07, 6.45) is 4.42. The summed E-state index contributed by atoms with van der Waals surface area (Å²) in [7, 11) is 1.92. The van der Waals surface area contributed by atoms with E-state index in [0.29, 0.717) is 5.69 Å². The molecule has 1 aromatic rings. The van der Waals surface area contributed by atoms with Crippen LogP contribution in [0.2, 0.25) is 0 Å². The summed E-state index contributed by atoms with van der Waals surface area (Å²) in [5.74, 6) is -0.537. The maximum atomic E-state index is 12.8. The third kappa shape index (κ3) is 2.36. The number of likely N-dealkylation sites (tertiary alicyclic amines) is 1. The van der Waals surface area contributed by atoms with Crippen molar-refractivity contribution in [3.63, 3.8) is 0 Å². The van der Waals surface area contributed by atoms with Gasteiger partial charge in [0.15, 0.2) is 0 Å². The molecular formula is C11H14FN3O. The molecule has 86 valence electrons. The van der Waals surface area contributed by atoms with E-state index in [1.807, 2.05) is 11.9 Å². The van der Waals surface area contributed by atoms with E-state index in [-0.39, 0.29) is 11.9 Å². The van der Waals surface area contributed by atoms with E-state index in [9.17, 15) is 9.18 Å². The van der Waals surface area contributed by atoms with Gasteiger partial charge in [0.05, 0.1) is 24.1 Å². The van der Waals surface area contributed by atoms with E-state index in [1.54, 1.807) is 0 Å². The van der Waals surface area contributed by atoms with Crippen LogP contribution in [0.1, 0.15) is 12.8 Å². The third-order valence-corrected chi connectivity index (χ3v) is 2.80. The van der Waals surface area contributed by atoms with Crippen LogP contribution in [0.3, 0.4) is 0 Å². The van der Waals surface area contributed by atoms with Gasteiger partial charge >= 0.3 is 0 Å². The quantitative estimate of drug-likeness (QED) is 0.820. The summed E-state index contributed by atoms with van der Waals surface area (Å²) >= 11 is 0. The van der Waals surface area contributed by atoms with Crippen molar-refractivity contribution >= 4 is 11.6 Å². The SMILES string of the molecule is CN1CCC[C@@H]1C(=O)Nc1cncc(F)c1. The second kappa shape index (κ2) is 4.57. The number of anilines is 1. The lowest BCUT2D eigenvalue weighted by Gasteiger charge is -2.18. The smallest absolute Gasteiger partial charge is 0.241 e. The van der Waals surface area contributed by atoms with Gasteiger partial charge in [0, 0.05) is 6.07 Å². The van der Waals surface area contributed by atoms with E-state index >= 15 is 0 Å². The average molecular weight is 223 g/mol. The zero-order valence-corrected chi connectivity index (χ0v) is 9.11. The molecule has 1 atom stereocenters. The number of carbonyl (C=O) groups excluding carboxylic acids is 1. The molecule has 1 N–H and O–H groups in total. The van der Waals surface area contributed by atoms with Gasteiger partial charge in [-0.2, -0.15) is 0 Å². The highest BCUT2D eigenvalue weighted by Crippen LogP contribution is 2.17. The Kier molecular flexibility index (Phi) is 3.14. The lowest BCUT2D eigenvalue weighted by molar-refractivity contribution is -0.119. The van der Waals surface area contributed by atoms with Crippen LogP contribution >= 0.6 is 0 Å². The summed E-state index contributed by atoms with van der Waals surface area (Å²) in [6.45, 7) is 0.930. The number of likely N-dealkylation sites (N-methyl/N-ethyl adjacent to an activating group) is 1. The second-order valence-corrected chi connectivity index (χ2v) is 4.02. The minimum absolute atomic E-state index is 0.0904. The summed E-state index contributed by atoms with van der Waals surface area (Å²) in [5, 5.41) is 2.67. The number of carbonyl (C=O) groups is 1. The molecule has 0 aliphatic carbocycles. The Labute approximate surface area is 93.5 Å². The molecule has 1 aliphatic rings. The maximum absolute atomic E-state index is 12.8. The zero-order chi connectivity index (χ0) is 11.5. The third-order valence-electron chi connectivity index (χ3n) is 2.80. The minimum atomic E-state index is -0.447. The Bertz CT molecular complexity index is 397. The van der Waals surface area contributed by atoms with Crippen molar-refractivity contribution < 1.29 is 9.18 Å². The minimum Gasteiger partial charge on any atom is -0.323 e. The topological polar surface area (TPSA) is 45.2 Å². The molecule has 1 amide bonds. The molecule has 2 rings (SSSR count). The molecule has 0 spiro atoms. The van der Waals surface area contributed by atoms with Crippen LogP contribution in [0.15, 0.2) is 18.5 Å². The van der Waals surface area contributed by atoms with Crippen LogP contribution in [0, 0.1) is 5.82 Å². The highest BCUT2D eigenvalue weighted by atomic mass is 19.1. The van der Waals surface area contributed by atoms with Gasteiger partial charge in [0.25, 0.3) is 0 Å². The van der Waals surface area contributed by atoms with Crippen molar-refractivity contribution in [3.8, 4) is 0 Å². The van der Waals surface area contributed by atoms with E-state index < -0.39 is 5.82 Å². The van der Waals surface area contributed by atoms with Crippen LogP contribution in [0.25, 0.3) is 0 Å². The van der Waals surface area contributed by atoms with Crippen molar-refractivity contribution in [2.24, 2.45) is 0 Å². The highest BCUT2D eigenvalue weighted by Gasteiger charge is 2.27. The molecule has 1 aromatic heterocycles. The molecule has 16 heavy (non-hydrogen) atoms. The Morgan fingerprint density at radius 3 is 3.06 bits per heavy atom. The monoisotopic (exact) mass is 223 g/mol. The number of halogens is 1. The number of nitrogens with zero attached hydrogens (tertiary/aromatic N) is 2. The van der Waals surface area contributed by atoms with E-state index in [0.717, 1.165) is 25.6 Å². The van der Waals surface area contributed by atoms with Gasteiger partial charge in [-0.25, -0.2) is 4.39 Å². The molecule has 1 aliphatic heterocycles. The summed E-state index contributed by atoms with van der Waals surface area (Å²) < 4.78 is 12.8. The fraction of sp³-hybridized carbons (Fsp3) is 0.455. The molecule has 0 unspecified atom stereocenters. The van der Waals surface area contributed by atoms with Crippen molar-refractivity contribution in [2.75, 3.05) is 18.9 Å². The molecule has 0 radical (unpaired) electrons. The Morgan fingerprint density at radius 1 is 1.62 bits per heavy atom. The molecule has 2 heterocycles. The Balaban J connectivity index is 2.02. The number of amides is 1. The summed E-state index contributed by atoms with van der Waals surface area (Å²) in [4.78, 5) is 17.5. The van der Waals surface area contributed by atoms with Crippen LogP contribution < -0.4 is 5.32 Å². The van der Waals surface area contributed by atoms with Gasteiger partial charge in [-0.15, -0.1) is 0 Å². The van der Waals surface area contributed by atoms with E-state index in [2.05, 4.69) is 10.3 Å². The van der Waals surface area contributed by atoms with Gasteiger partial charge in [-0.05, 0) is 26.4 Å². The predicted molar refractivity (Wildman–Crippen MR) is 58.5 cm³/mol. The number of nitrogens with one attached hydrogen (secondary N) is 1. The molecule has 5 heteroatoms. The van der Waals surface area contributed by atoms with Crippen LogP contribution in [-0.4, -0.2) is 35.4 Å². The molecule has 1 saturated heterocycles. The standard InChI is InChI=1S/C11H14FN3O/c1-15-4-2-3-10(15)11(16)14-9-5-8(12)6-13-7-9/h5-7,10H,2-4H2,1H3,(H,14,16)/t10-/m1/s1. The first-order valence-corrected chi connectivity index (χ1v) is 5.28. The summed E-state index contributed by atoms with van der Waals surface area (Å²) in [5.41, 5.74) is 0.408. The number of pyridine rings is 1. The summed E-state index contributed by atoms with van der Waals surface area (Å²) in [6, 6.07) is 1.16. The molecule has 0 saturated carbocycles. The normalized spacial score (nSPS) is 21.0. The Hall–Kier alpha value is -1.49. The fourth-order valence-corrected chi connectivity index (χ4v) is 1.95. The van der Waals surface area contributed by atoms with Crippen molar-refractivity contribution in [1.29, 1.82) is 0 Å². The van der Waals surface area contributed by atoms with Gasteiger partial charge < -0.3 is 5.32 Å². The number of aromatic nitrogens is 1. The number of rotatable bonds is 2. The first-order chi connectivity index (χ1) is 7.66. The number of hydrogen-bond donors (Lipinski definition) is 1. The van der Waals surface area contributed by atoms with Crippen molar-refractivity contribution in [3.05, 3.63) is 24.3 Å². The first-order valence-electron chi connectivity index (χ1n) is 5.28. The molecule has 4 nitrogen and oxygen atoms in total. The van der Waals surface area contributed by atoms with E-state index in [4.69, 9.17) is 0 Å². The molecule has 0 bridgehead atoms. The molecule has 0 aromatic carbocycles. The fourth-order valence-electron chi connectivity index (χ4n) is 1.95.